The Morgan fingerprint density at radius 3 is 2.62 bits per heavy atom. The fourth-order valence-corrected chi connectivity index (χ4v) is 3.19. The van der Waals surface area contributed by atoms with E-state index in [1.807, 2.05) is 0 Å². The molecule has 0 amide bonds. The van der Waals surface area contributed by atoms with E-state index in [2.05, 4.69) is 28.1 Å². The lowest BCUT2D eigenvalue weighted by Gasteiger charge is -2.29. The van der Waals surface area contributed by atoms with E-state index < -0.39 is 0 Å². The number of rotatable bonds is 6. The normalized spacial score (nSPS) is 30.8. The summed E-state index contributed by atoms with van der Waals surface area (Å²) in [5.74, 6) is 0.850. The Labute approximate surface area is 104 Å². The summed E-state index contributed by atoms with van der Waals surface area (Å²) in [6.07, 6.45) is 14.3. The van der Waals surface area contributed by atoms with Gasteiger partial charge in [-0.05, 0) is 0 Å². The van der Waals surface area contributed by atoms with E-state index in [1.165, 1.54) is 64.2 Å². The fourth-order valence-electron chi connectivity index (χ4n) is 3.19. The average molecular weight is 221 g/mol. The molecule has 1 saturated heterocycles. The van der Waals surface area contributed by atoms with Crippen LogP contribution in [-0.4, -0.2) is 7.28 Å². The molecular weight excluding hydrogens is 191 g/mol. The second-order valence-electron chi connectivity index (χ2n) is 6.21. The van der Waals surface area contributed by atoms with Gasteiger partial charge in [0.15, 0.2) is 0 Å². The molecule has 0 aromatic heterocycles. The molecule has 2 unspecified atom stereocenters. The lowest BCUT2D eigenvalue weighted by molar-refractivity contribution is 0.462. The van der Waals surface area contributed by atoms with Gasteiger partial charge in [-0.3, -0.25) is 0 Å². The Balaban J connectivity index is 2.21. The third-order valence-corrected chi connectivity index (χ3v) is 4.20. The Kier molecular flexibility index (Phi) is 6.54. The number of hydrogen-bond acceptors (Lipinski definition) is 0. The highest BCUT2D eigenvalue weighted by Gasteiger charge is 2.28. The zero-order valence-electron chi connectivity index (χ0n) is 11.7. The second-order valence-corrected chi connectivity index (χ2v) is 6.21. The van der Waals surface area contributed by atoms with Crippen molar-refractivity contribution in [2.24, 2.45) is 0 Å². The van der Waals surface area contributed by atoms with E-state index in [9.17, 15) is 0 Å². The van der Waals surface area contributed by atoms with E-state index in [0.29, 0.717) is 5.31 Å². The number of hydrogen-bond donors (Lipinski definition) is 0. The summed E-state index contributed by atoms with van der Waals surface area (Å²) in [6, 6.07) is 0. The summed E-state index contributed by atoms with van der Waals surface area (Å²) >= 11 is 0. The minimum absolute atomic E-state index is 0.558. The van der Waals surface area contributed by atoms with Gasteiger partial charge in [0.2, 0.25) is 0 Å². The summed E-state index contributed by atoms with van der Waals surface area (Å²) in [5, 5.41) is 0.558. The van der Waals surface area contributed by atoms with Crippen LogP contribution in [0.5, 0.6) is 0 Å². The molecule has 93 valence electrons. The van der Waals surface area contributed by atoms with Crippen molar-refractivity contribution in [1.82, 2.24) is 0 Å². The van der Waals surface area contributed by atoms with Crippen LogP contribution < -0.4 is 0 Å². The van der Waals surface area contributed by atoms with Gasteiger partial charge in [-0.1, -0.05) is 96.1 Å². The molecule has 1 aliphatic heterocycles. The Bertz CT molecular complexity index is 178. The molecule has 1 fully saturated rings. The van der Waals surface area contributed by atoms with Gasteiger partial charge in [0.05, 0.1) is 0 Å². The first kappa shape index (κ1) is 14.1. The summed E-state index contributed by atoms with van der Waals surface area (Å²) in [6.45, 7) is 7.19. The predicted molar refractivity (Wildman–Crippen MR) is 75.4 cm³/mol. The smallest absolute Gasteiger partial charge is 0.0710 e. The van der Waals surface area contributed by atoms with Crippen LogP contribution in [0, 0.1) is 0 Å². The third kappa shape index (κ3) is 5.41. The lowest BCUT2D eigenvalue weighted by atomic mass is 9.44. The largest absolute Gasteiger partial charge is 0.121 e. The van der Waals surface area contributed by atoms with Gasteiger partial charge < -0.3 is 0 Å². The second kappa shape index (κ2) is 7.40. The zero-order chi connectivity index (χ0) is 11.9. The van der Waals surface area contributed by atoms with Gasteiger partial charge in [0, 0.05) is 0 Å². The van der Waals surface area contributed by atoms with Crippen LogP contribution in [0.1, 0.15) is 85.0 Å². The van der Waals surface area contributed by atoms with E-state index >= 15 is 0 Å². The van der Waals surface area contributed by atoms with Gasteiger partial charge in [0.25, 0.3) is 0 Å². The molecule has 0 aliphatic carbocycles. The first-order chi connectivity index (χ1) is 7.66. The van der Waals surface area contributed by atoms with E-state index in [-0.39, 0.29) is 0 Å². The van der Waals surface area contributed by atoms with Crippen LogP contribution in [0.15, 0.2) is 0 Å². The van der Waals surface area contributed by atoms with Crippen molar-refractivity contribution in [3.8, 4) is 0 Å². The Hall–Kier alpha value is 0.0649. The van der Waals surface area contributed by atoms with Crippen molar-refractivity contribution in [3.63, 3.8) is 0 Å². The molecule has 0 aromatic rings. The molecule has 0 saturated carbocycles. The van der Waals surface area contributed by atoms with Crippen molar-refractivity contribution in [3.05, 3.63) is 0 Å². The van der Waals surface area contributed by atoms with E-state index in [0.717, 1.165) is 5.82 Å². The quantitative estimate of drug-likeness (QED) is 0.403. The van der Waals surface area contributed by atoms with Crippen LogP contribution in [0.25, 0.3) is 0 Å². The van der Waals surface area contributed by atoms with Gasteiger partial charge in [-0.15, -0.1) is 0 Å². The van der Waals surface area contributed by atoms with Crippen LogP contribution in [0.4, 0.5) is 0 Å². The van der Waals surface area contributed by atoms with Crippen molar-refractivity contribution < 1.29 is 0 Å². The maximum atomic E-state index is 2.67. The minimum atomic E-state index is 0.558. The SMILES string of the molecule is CCCCCCCC1(C)[B]C(C)CCCC1. The molecule has 16 heavy (non-hydrogen) atoms. The first-order valence-corrected chi connectivity index (χ1v) is 7.52. The number of unbranched alkanes of at least 4 members (excludes halogenated alkanes) is 4. The predicted octanol–water partition coefficient (Wildman–Crippen LogP) is 5.61. The molecule has 0 bridgehead atoms. The van der Waals surface area contributed by atoms with Crippen LogP contribution >= 0.6 is 0 Å². The Morgan fingerprint density at radius 1 is 1.12 bits per heavy atom. The molecule has 0 N–H and O–H groups in total. The fraction of sp³-hybridized carbons (Fsp3) is 1.00. The molecule has 1 radical (unpaired) electrons. The first-order valence-electron chi connectivity index (χ1n) is 7.52. The molecule has 1 heteroatoms. The highest BCUT2D eigenvalue weighted by Crippen LogP contribution is 2.43. The molecular formula is C15H30B. The average Bonchev–Trinajstić information content (AvgIpc) is 2.40. The van der Waals surface area contributed by atoms with Crippen molar-refractivity contribution >= 4 is 7.28 Å². The highest BCUT2D eigenvalue weighted by molar-refractivity contribution is 6.41. The standard InChI is InChI=1S/C15H30B/c1-4-5-6-7-9-12-15(3)13-10-8-11-14(2)16-15/h14H,4-13H2,1-3H3. The molecule has 1 aliphatic rings. The molecule has 1 rings (SSSR count). The topological polar surface area (TPSA) is 0 Å². The van der Waals surface area contributed by atoms with Crippen molar-refractivity contribution in [2.45, 2.75) is 96.1 Å². The summed E-state index contributed by atoms with van der Waals surface area (Å²) in [4.78, 5) is 0. The molecule has 0 nitrogen and oxygen atoms in total. The highest BCUT2D eigenvalue weighted by atomic mass is 14.2. The lowest BCUT2D eigenvalue weighted by Crippen LogP contribution is -2.18. The minimum Gasteiger partial charge on any atom is -0.0710 e. The van der Waals surface area contributed by atoms with Gasteiger partial charge in [-0.25, -0.2) is 0 Å². The molecule has 1 heterocycles. The Morgan fingerprint density at radius 2 is 1.88 bits per heavy atom. The summed E-state index contributed by atoms with van der Waals surface area (Å²) in [7, 11) is 2.67. The van der Waals surface area contributed by atoms with Crippen LogP contribution in [0.3, 0.4) is 0 Å². The molecule has 0 spiro atoms. The molecule has 0 aromatic carbocycles. The van der Waals surface area contributed by atoms with Gasteiger partial charge in [-0.2, -0.15) is 0 Å². The monoisotopic (exact) mass is 221 g/mol. The maximum absolute atomic E-state index is 2.67. The maximum Gasteiger partial charge on any atom is 0.121 e. The zero-order valence-corrected chi connectivity index (χ0v) is 11.7. The molecule has 2 atom stereocenters. The van der Waals surface area contributed by atoms with E-state index in [4.69, 9.17) is 0 Å². The van der Waals surface area contributed by atoms with Crippen LogP contribution in [-0.2, 0) is 0 Å². The van der Waals surface area contributed by atoms with Gasteiger partial charge in [0.1, 0.15) is 7.28 Å². The third-order valence-electron chi connectivity index (χ3n) is 4.20. The van der Waals surface area contributed by atoms with Crippen molar-refractivity contribution in [1.29, 1.82) is 0 Å². The van der Waals surface area contributed by atoms with Gasteiger partial charge >= 0.3 is 0 Å². The summed E-state index contributed by atoms with van der Waals surface area (Å²) < 4.78 is 0. The van der Waals surface area contributed by atoms with Crippen LogP contribution in [0.2, 0.25) is 11.1 Å². The summed E-state index contributed by atoms with van der Waals surface area (Å²) in [5.41, 5.74) is 0. The van der Waals surface area contributed by atoms with E-state index in [1.54, 1.807) is 0 Å². The van der Waals surface area contributed by atoms with Crippen molar-refractivity contribution in [2.75, 3.05) is 0 Å².